The Morgan fingerprint density at radius 2 is 1.46 bits per heavy atom. The van der Waals surface area contributed by atoms with Gasteiger partial charge in [-0.1, -0.05) is 24.3 Å². The van der Waals surface area contributed by atoms with Gasteiger partial charge < -0.3 is 19.3 Å². The third-order valence-electron chi connectivity index (χ3n) is 5.89. The fourth-order valence-electron chi connectivity index (χ4n) is 4.14. The van der Waals surface area contributed by atoms with Crippen molar-refractivity contribution < 1.29 is 19.1 Å². The van der Waals surface area contributed by atoms with Crippen LogP contribution in [0.3, 0.4) is 0 Å². The molecule has 0 saturated heterocycles. The van der Waals surface area contributed by atoms with Gasteiger partial charge in [0.15, 0.2) is 0 Å². The van der Waals surface area contributed by atoms with Crippen molar-refractivity contribution in [3.63, 3.8) is 0 Å². The molecule has 2 aliphatic heterocycles. The van der Waals surface area contributed by atoms with E-state index in [9.17, 15) is 9.59 Å². The van der Waals surface area contributed by atoms with E-state index in [1.165, 1.54) is 0 Å². The summed E-state index contributed by atoms with van der Waals surface area (Å²) in [6.07, 6.45) is 12.6. The van der Waals surface area contributed by atoms with Gasteiger partial charge in [-0.3, -0.25) is 0 Å². The van der Waals surface area contributed by atoms with E-state index in [2.05, 4.69) is 41.0 Å². The first-order valence-electron chi connectivity index (χ1n) is 11.9. The lowest BCUT2D eigenvalue weighted by Gasteiger charge is -2.31. The van der Waals surface area contributed by atoms with Gasteiger partial charge in [-0.05, 0) is 80.5 Å². The van der Waals surface area contributed by atoms with E-state index in [4.69, 9.17) is 9.47 Å². The van der Waals surface area contributed by atoms with Crippen molar-refractivity contribution in [3.8, 4) is 0 Å². The minimum absolute atomic E-state index is 0.112. The molecule has 1 atom stereocenters. The number of hydrogen-bond acceptors (Lipinski definition) is 6. The molecule has 0 radical (unpaired) electrons. The molecule has 6 heteroatoms. The molecule has 180 valence electrons. The summed E-state index contributed by atoms with van der Waals surface area (Å²) in [5.41, 5.74) is 5.26. The normalized spacial score (nSPS) is 17.1. The van der Waals surface area contributed by atoms with Gasteiger partial charge in [-0.2, -0.15) is 0 Å². The van der Waals surface area contributed by atoms with Crippen LogP contribution in [0.1, 0.15) is 41.5 Å². The van der Waals surface area contributed by atoms with Crippen LogP contribution in [0.15, 0.2) is 96.4 Å². The monoisotopic (exact) mass is 470 g/mol. The van der Waals surface area contributed by atoms with E-state index in [-0.39, 0.29) is 18.0 Å². The second-order valence-corrected chi connectivity index (χ2v) is 8.25. The van der Waals surface area contributed by atoms with Gasteiger partial charge >= 0.3 is 11.9 Å². The van der Waals surface area contributed by atoms with Crippen LogP contribution in [0.4, 0.5) is 11.4 Å². The predicted molar refractivity (Wildman–Crippen MR) is 139 cm³/mol. The fraction of sp³-hybridized carbons (Fsp3) is 0.241. The molecule has 4 rings (SSSR count). The lowest BCUT2D eigenvalue weighted by molar-refractivity contribution is 0.0517. The van der Waals surface area contributed by atoms with E-state index in [1.54, 1.807) is 26.0 Å². The SMILES string of the molecule is CCOC(=O)c1cccc(N2C=CC(C3=CC(C)N(c4cccc(C(=O)OCC)c4)C=C3)=CC2)c1. The number of nitrogens with zero attached hydrogens (tertiary/aromatic N) is 2. The zero-order valence-corrected chi connectivity index (χ0v) is 20.3. The molecule has 0 amide bonds. The van der Waals surface area contributed by atoms with Gasteiger partial charge in [-0.25, -0.2) is 9.59 Å². The van der Waals surface area contributed by atoms with E-state index < -0.39 is 0 Å². The number of hydrogen-bond donors (Lipinski definition) is 0. The highest BCUT2D eigenvalue weighted by molar-refractivity contribution is 5.91. The van der Waals surface area contributed by atoms with Crippen LogP contribution >= 0.6 is 0 Å². The maximum atomic E-state index is 12.1. The lowest BCUT2D eigenvalue weighted by atomic mass is 9.98. The van der Waals surface area contributed by atoms with Crippen LogP contribution in [-0.4, -0.2) is 37.7 Å². The van der Waals surface area contributed by atoms with Crippen LogP contribution in [0.25, 0.3) is 0 Å². The third kappa shape index (κ3) is 5.54. The minimum Gasteiger partial charge on any atom is -0.462 e. The first kappa shape index (κ1) is 24.1. The molecule has 0 bridgehead atoms. The molecule has 6 nitrogen and oxygen atoms in total. The molecule has 2 aromatic carbocycles. The minimum atomic E-state index is -0.311. The van der Waals surface area contributed by atoms with Crippen LogP contribution in [0.2, 0.25) is 0 Å². The summed E-state index contributed by atoms with van der Waals surface area (Å²) in [4.78, 5) is 28.4. The zero-order chi connectivity index (χ0) is 24.8. The van der Waals surface area contributed by atoms with Crippen molar-refractivity contribution >= 4 is 23.3 Å². The highest BCUT2D eigenvalue weighted by Crippen LogP contribution is 2.29. The van der Waals surface area contributed by atoms with Gasteiger partial charge in [0.2, 0.25) is 0 Å². The smallest absolute Gasteiger partial charge is 0.338 e. The predicted octanol–water partition coefficient (Wildman–Crippen LogP) is 5.65. The largest absolute Gasteiger partial charge is 0.462 e. The molecular formula is C29H30N2O4. The van der Waals surface area contributed by atoms with Crippen molar-refractivity contribution in [1.82, 2.24) is 0 Å². The Balaban J connectivity index is 1.44. The number of carbonyl (C=O) groups is 2. The molecule has 0 aliphatic carbocycles. The van der Waals surface area contributed by atoms with E-state index in [0.29, 0.717) is 30.9 Å². The summed E-state index contributed by atoms with van der Waals surface area (Å²) in [6, 6.07) is 15.1. The average molecular weight is 471 g/mol. The standard InChI is InChI=1S/C29H30N2O4/c1-4-34-28(32)24-8-6-10-26(19-24)30-15-12-22(13-16-30)23-14-17-31(21(3)18-23)27-11-7-9-25(20-27)29(33)35-5-2/h6-15,17-21H,4-5,16H2,1-3H3. The Bertz CT molecular complexity index is 1220. The molecule has 0 spiro atoms. The second kappa shape index (κ2) is 10.9. The van der Waals surface area contributed by atoms with Crippen LogP contribution in [-0.2, 0) is 9.47 Å². The molecule has 0 saturated carbocycles. The van der Waals surface area contributed by atoms with E-state index in [0.717, 1.165) is 22.5 Å². The maximum Gasteiger partial charge on any atom is 0.338 e. The van der Waals surface area contributed by atoms with Crippen LogP contribution in [0.5, 0.6) is 0 Å². The molecule has 1 unspecified atom stereocenters. The van der Waals surface area contributed by atoms with Crippen molar-refractivity contribution in [3.05, 3.63) is 108 Å². The number of carbonyl (C=O) groups excluding carboxylic acids is 2. The highest BCUT2D eigenvalue weighted by atomic mass is 16.5. The number of anilines is 2. The summed E-state index contributed by atoms with van der Waals surface area (Å²) in [5, 5.41) is 0. The fourth-order valence-corrected chi connectivity index (χ4v) is 4.14. The van der Waals surface area contributed by atoms with Crippen LogP contribution < -0.4 is 9.80 Å². The van der Waals surface area contributed by atoms with Crippen molar-refractivity contribution in [2.45, 2.75) is 26.8 Å². The molecule has 2 heterocycles. The van der Waals surface area contributed by atoms with Gasteiger partial charge in [0.05, 0.1) is 24.3 Å². The van der Waals surface area contributed by atoms with Gasteiger partial charge in [0.25, 0.3) is 0 Å². The number of benzene rings is 2. The van der Waals surface area contributed by atoms with E-state index >= 15 is 0 Å². The Kier molecular flexibility index (Phi) is 7.51. The van der Waals surface area contributed by atoms with Crippen molar-refractivity contribution in [2.24, 2.45) is 0 Å². The molecule has 2 aliphatic rings. The number of ether oxygens (including phenoxy) is 2. The molecule has 0 N–H and O–H groups in total. The zero-order valence-electron chi connectivity index (χ0n) is 20.3. The summed E-state index contributed by atoms with van der Waals surface area (Å²) in [7, 11) is 0. The molecule has 2 aromatic rings. The maximum absolute atomic E-state index is 12.1. The number of allylic oxidation sites excluding steroid dienone is 4. The Hall–Kier alpha value is -4.06. The van der Waals surface area contributed by atoms with E-state index in [1.807, 2.05) is 48.8 Å². The first-order chi connectivity index (χ1) is 17.0. The molecule has 35 heavy (non-hydrogen) atoms. The Morgan fingerprint density at radius 3 is 2.03 bits per heavy atom. The van der Waals surface area contributed by atoms with Crippen molar-refractivity contribution in [1.29, 1.82) is 0 Å². The average Bonchev–Trinajstić information content (AvgIpc) is 2.89. The topological polar surface area (TPSA) is 59.1 Å². The van der Waals surface area contributed by atoms with Gasteiger partial charge in [-0.15, -0.1) is 0 Å². The summed E-state index contributed by atoms with van der Waals surface area (Å²) in [6.45, 7) is 7.14. The van der Waals surface area contributed by atoms with Gasteiger partial charge in [0, 0.05) is 36.4 Å². The highest BCUT2D eigenvalue weighted by Gasteiger charge is 2.19. The quantitative estimate of drug-likeness (QED) is 0.488. The van der Waals surface area contributed by atoms with Gasteiger partial charge in [0.1, 0.15) is 0 Å². The molecular weight excluding hydrogens is 440 g/mol. The molecule has 0 aromatic heterocycles. The third-order valence-corrected chi connectivity index (χ3v) is 5.89. The Labute approximate surface area is 206 Å². The second-order valence-electron chi connectivity index (χ2n) is 8.25. The number of esters is 2. The Morgan fingerprint density at radius 1 is 0.857 bits per heavy atom. The summed E-state index contributed by atoms with van der Waals surface area (Å²) >= 11 is 0. The first-order valence-corrected chi connectivity index (χ1v) is 11.9. The molecule has 0 fully saturated rings. The lowest BCUT2D eigenvalue weighted by Crippen LogP contribution is -2.29. The summed E-state index contributed by atoms with van der Waals surface area (Å²) in [5.74, 6) is -0.621. The van der Waals surface area contributed by atoms with Crippen molar-refractivity contribution in [2.75, 3.05) is 29.6 Å². The van der Waals surface area contributed by atoms with Crippen LogP contribution in [0, 0.1) is 0 Å². The summed E-state index contributed by atoms with van der Waals surface area (Å²) < 4.78 is 10.3. The number of rotatable bonds is 7.